The molecule has 3 aromatic rings. The lowest BCUT2D eigenvalue weighted by molar-refractivity contribution is 0.324. The molecular weight excluding hydrogens is 412 g/mol. The molecule has 1 heterocycles. The van der Waals surface area contributed by atoms with E-state index >= 15 is 0 Å². The molecule has 0 radical (unpaired) electrons. The average Bonchev–Trinajstić information content (AvgIpc) is 3.21. The SMILES string of the molecule is COc1cc(-c2c3c(nn2-c2ccccc2)CCCCCCCCCC3)cc(OC)c1OC. The van der Waals surface area contributed by atoms with Gasteiger partial charge in [0.05, 0.1) is 38.4 Å². The van der Waals surface area contributed by atoms with Crippen LogP contribution in [0.2, 0.25) is 0 Å². The molecule has 0 aliphatic heterocycles. The van der Waals surface area contributed by atoms with Crippen molar-refractivity contribution in [3.05, 3.63) is 53.7 Å². The summed E-state index contributed by atoms with van der Waals surface area (Å²) in [7, 11) is 4.97. The Hall–Kier alpha value is -2.95. The predicted molar refractivity (Wildman–Crippen MR) is 133 cm³/mol. The lowest BCUT2D eigenvalue weighted by atomic mass is 9.95. The van der Waals surface area contributed by atoms with Gasteiger partial charge in [-0.15, -0.1) is 0 Å². The van der Waals surface area contributed by atoms with Crippen LogP contribution in [0.4, 0.5) is 0 Å². The van der Waals surface area contributed by atoms with Gasteiger partial charge in [-0.2, -0.15) is 5.10 Å². The Labute approximate surface area is 197 Å². The largest absolute Gasteiger partial charge is 0.493 e. The van der Waals surface area contributed by atoms with Crippen molar-refractivity contribution < 1.29 is 14.2 Å². The van der Waals surface area contributed by atoms with Crippen molar-refractivity contribution in [3.63, 3.8) is 0 Å². The first-order valence-electron chi connectivity index (χ1n) is 12.2. The van der Waals surface area contributed by atoms with Crippen LogP contribution < -0.4 is 14.2 Å². The Balaban J connectivity index is 1.90. The molecule has 0 fully saturated rings. The molecule has 5 nitrogen and oxygen atoms in total. The molecule has 0 spiro atoms. The zero-order valence-electron chi connectivity index (χ0n) is 20.2. The van der Waals surface area contributed by atoms with Crippen LogP contribution in [0.3, 0.4) is 0 Å². The molecule has 1 aromatic heterocycles. The Kier molecular flexibility index (Phi) is 7.92. The summed E-state index contributed by atoms with van der Waals surface area (Å²) in [5.41, 5.74) is 5.82. The fourth-order valence-corrected chi connectivity index (χ4v) is 4.88. The number of para-hydroxylation sites is 1. The maximum Gasteiger partial charge on any atom is 0.203 e. The molecule has 4 rings (SSSR count). The second-order valence-corrected chi connectivity index (χ2v) is 8.76. The maximum atomic E-state index is 5.68. The lowest BCUT2D eigenvalue weighted by Crippen LogP contribution is -2.02. The van der Waals surface area contributed by atoms with Crippen molar-refractivity contribution in [2.45, 2.75) is 64.2 Å². The van der Waals surface area contributed by atoms with Gasteiger partial charge in [0.2, 0.25) is 5.75 Å². The number of methoxy groups -OCH3 is 3. The minimum atomic E-state index is 0.610. The van der Waals surface area contributed by atoms with Gasteiger partial charge in [-0.05, 0) is 49.9 Å². The normalized spacial score (nSPS) is 15.1. The van der Waals surface area contributed by atoms with Gasteiger partial charge in [0.15, 0.2) is 11.5 Å². The third kappa shape index (κ3) is 5.18. The molecular formula is C28H36N2O3. The zero-order valence-corrected chi connectivity index (χ0v) is 20.2. The summed E-state index contributed by atoms with van der Waals surface area (Å²) in [5, 5.41) is 5.18. The highest BCUT2D eigenvalue weighted by molar-refractivity contribution is 5.73. The average molecular weight is 449 g/mol. The van der Waals surface area contributed by atoms with Crippen LogP contribution in [0.15, 0.2) is 42.5 Å². The van der Waals surface area contributed by atoms with E-state index in [0.717, 1.165) is 29.8 Å². The summed E-state index contributed by atoms with van der Waals surface area (Å²) in [5.74, 6) is 1.93. The first-order valence-corrected chi connectivity index (χ1v) is 12.2. The van der Waals surface area contributed by atoms with Crippen LogP contribution in [-0.4, -0.2) is 31.1 Å². The van der Waals surface area contributed by atoms with Gasteiger partial charge in [-0.25, -0.2) is 4.68 Å². The molecule has 0 atom stereocenters. The molecule has 5 heteroatoms. The lowest BCUT2D eigenvalue weighted by Gasteiger charge is -2.16. The molecule has 0 saturated carbocycles. The maximum absolute atomic E-state index is 5.68. The summed E-state index contributed by atoms with van der Waals surface area (Å²) in [6.45, 7) is 0. The van der Waals surface area contributed by atoms with Crippen molar-refractivity contribution >= 4 is 0 Å². The Morgan fingerprint density at radius 3 is 1.85 bits per heavy atom. The number of nitrogens with zero attached hydrogens (tertiary/aromatic N) is 2. The fourth-order valence-electron chi connectivity index (χ4n) is 4.88. The van der Waals surface area contributed by atoms with Crippen LogP contribution in [0, 0.1) is 0 Å². The van der Waals surface area contributed by atoms with Crippen LogP contribution in [-0.2, 0) is 12.8 Å². The van der Waals surface area contributed by atoms with E-state index in [9.17, 15) is 0 Å². The van der Waals surface area contributed by atoms with Crippen LogP contribution >= 0.6 is 0 Å². The third-order valence-corrected chi connectivity index (χ3v) is 6.60. The number of ether oxygens (including phenoxy) is 3. The van der Waals surface area contributed by atoms with Crippen molar-refractivity contribution in [3.8, 4) is 34.2 Å². The molecule has 2 aromatic carbocycles. The number of benzene rings is 2. The topological polar surface area (TPSA) is 45.5 Å². The van der Waals surface area contributed by atoms with Gasteiger partial charge in [0, 0.05) is 11.1 Å². The van der Waals surface area contributed by atoms with Crippen molar-refractivity contribution in [1.29, 1.82) is 0 Å². The summed E-state index contributed by atoms with van der Waals surface area (Å²) in [4.78, 5) is 0. The highest BCUT2D eigenvalue weighted by Gasteiger charge is 2.23. The van der Waals surface area contributed by atoms with E-state index in [-0.39, 0.29) is 0 Å². The minimum Gasteiger partial charge on any atom is -0.493 e. The molecule has 0 saturated heterocycles. The van der Waals surface area contributed by atoms with Gasteiger partial charge in [0.25, 0.3) is 0 Å². The molecule has 0 amide bonds. The van der Waals surface area contributed by atoms with Gasteiger partial charge in [0.1, 0.15) is 0 Å². The first kappa shape index (κ1) is 23.2. The smallest absolute Gasteiger partial charge is 0.203 e. The number of aromatic nitrogens is 2. The van der Waals surface area contributed by atoms with Gasteiger partial charge >= 0.3 is 0 Å². The number of hydrogen-bond donors (Lipinski definition) is 0. The second-order valence-electron chi connectivity index (χ2n) is 8.76. The van der Waals surface area contributed by atoms with Gasteiger partial charge in [-0.3, -0.25) is 0 Å². The van der Waals surface area contributed by atoms with E-state index in [1.54, 1.807) is 21.3 Å². The highest BCUT2D eigenvalue weighted by atomic mass is 16.5. The number of hydrogen-bond acceptors (Lipinski definition) is 4. The minimum absolute atomic E-state index is 0.610. The van der Waals surface area contributed by atoms with Crippen LogP contribution in [0.25, 0.3) is 16.9 Å². The molecule has 0 unspecified atom stereocenters. The van der Waals surface area contributed by atoms with E-state index in [0.29, 0.717) is 17.2 Å². The predicted octanol–water partition coefficient (Wildman–Crippen LogP) is 6.78. The van der Waals surface area contributed by atoms with E-state index < -0.39 is 0 Å². The molecule has 0 bridgehead atoms. The standard InChI is InChI=1S/C28H36N2O3/c1-31-25-19-21(20-26(32-2)28(25)33-3)27-23-17-13-8-6-4-5-7-9-14-18-24(23)29-30(27)22-15-11-10-12-16-22/h10-12,15-16,19-20H,4-9,13-14,17-18H2,1-3H3. The van der Waals surface area contributed by atoms with Crippen molar-refractivity contribution in [1.82, 2.24) is 9.78 Å². The fraction of sp³-hybridized carbons (Fsp3) is 0.464. The Morgan fingerprint density at radius 1 is 0.697 bits per heavy atom. The number of fused-ring (bicyclic) bond motifs is 1. The second kappa shape index (κ2) is 11.3. The molecule has 1 aliphatic rings. The molecule has 176 valence electrons. The van der Waals surface area contributed by atoms with Gasteiger partial charge in [-0.1, -0.05) is 56.7 Å². The zero-order chi connectivity index (χ0) is 23.0. The summed E-state index contributed by atoms with van der Waals surface area (Å²) >= 11 is 0. The number of aryl methyl sites for hydroxylation is 1. The van der Waals surface area contributed by atoms with E-state index in [4.69, 9.17) is 19.3 Å². The molecule has 33 heavy (non-hydrogen) atoms. The summed E-state index contributed by atoms with van der Waals surface area (Å²) < 4.78 is 19.1. The van der Waals surface area contributed by atoms with E-state index in [2.05, 4.69) is 28.9 Å². The Morgan fingerprint density at radius 2 is 1.27 bits per heavy atom. The van der Waals surface area contributed by atoms with E-state index in [1.165, 1.54) is 62.6 Å². The molecule has 1 aliphatic carbocycles. The summed E-state index contributed by atoms with van der Waals surface area (Å²) in [6.07, 6.45) is 12.3. The van der Waals surface area contributed by atoms with Crippen molar-refractivity contribution in [2.24, 2.45) is 0 Å². The summed E-state index contributed by atoms with van der Waals surface area (Å²) in [6, 6.07) is 14.5. The molecule has 0 N–H and O–H groups in total. The van der Waals surface area contributed by atoms with Gasteiger partial charge < -0.3 is 14.2 Å². The number of rotatable bonds is 5. The quantitative estimate of drug-likeness (QED) is 0.431. The monoisotopic (exact) mass is 448 g/mol. The highest BCUT2D eigenvalue weighted by Crippen LogP contribution is 2.43. The Bertz CT molecular complexity index is 1020. The van der Waals surface area contributed by atoms with Crippen molar-refractivity contribution in [2.75, 3.05) is 21.3 Å². The van der Waals surface area contributed by atoms with Crippen LogP contribution in [0.1, 0.15) is 62.6 Å². The van der Waals surface area contributed by atoms with E-state index in [1.807, 2.05) is 18.2 Å². The van der Waals surface area contributed by atoms with Crippen LogP contribution in [0.5, 0.6) is 17.2 Å². The third-order valence-electron chi connectivity index (χ3n) is 6.60. The first-order chi connectivity index (χ1) is 16.3.